The first-order valence-electron chi connectivity index (χ1n) is 6.52. The van der Waals surface area contributed by atoms with E-state index in [9.17, 15) is 0 Å². The van der Waals surface area contributed by atoms with Gasteiger partial charge in [-0.3, -0.25) is 0 Å². The highest BCUT2D eigenvalue weighted by Gasteiger charge is 2.36. The van der Waals surface area contributed by atoms with Crippen LogP contribution in [0.3, 0.4) is 0 Å². The van der Waals surface area contributed by atoms with E-state index < -0.39 is 0 Å². The van der Waals surface area contributed by atoms with Crippen molar-refractivity contribution < 1.29 is 0 Å². The number of allylic oxidation sites excluding steroid dienone is 2. The number of hydrogen-bond donors (Lipinski definition) is 0. The van der Waals surface area contributed by atoms with Crippen LogP contribution in [-0.2, 0) is 0 Å². The first-order chi connectivity index (χ1) is 6.81. The Balaban J connectivity index is 2.99. The van der Waals surface area contributed by atoms with E-state index in [2.05, 4.69) is 41.5 Å². The van der Waals surface area contributed by atoms with Gasteiger partial charge in [-0.1, -0.05) is 52.2 Å². The maximum Gasteiger partial charge on any atom is -0.0142 e. The third kappa shape index (κ3) is 2.65. The molecule has 0 N–H and O–H groups in total. The summed E-state index contributed by atoms with van der Waals surface area (Å²) in [4.78, 5) is 0. The molecule has 0 nitrogen and oxygen atoms in total. The monoisotopic (exact) mass is 208 g/mol. The fraction of sp³-hybridized carbons (Fsp3) is 0.867. The van der Waals surface area contributed by atoms with Gasteiger partial charge in [-0.05, 0) is 43.4 Å². The van der Waals surface area contributed by atoms with E-state index in [1.165, 1.54) is 32.1 Å². The standard InChI is InChI=1S/C15H28/c1-7-8-9-13-12(2)14(3,4)10-11-15(13,5)6/h7-11H2,1-6H3. The predicted molar refractivity (Wildman–Crippen MR) is 69.0 cm³/mol. The molecule has 0 unspecified atom stereocenters. The summed E-state index contributed by atoms with van der Waals surface area (Å²) in [6.45, 7) is 14.3. The van der Waals surface area contributed by atoms with Gasteiger partial charge in [0, 0.05) is 0 Å². The summed E-state index contributed by atoms with van der Waals surface area (Å²) < 4.78 is 0. The summed E-state index contributed by atoms with van der Waals surface area (Å²) in [7, 11) is 0. The molecule has 0 radical (unpaired) electrons. The quantitative estimate of drug-likeness (QED) is 0.549. The zero-order valence-electron chi connectivity index (χ0n) is 11.5. The molecule has 0 saturated carbocycles. The minimum atomic E-state index is 0.443. The van der Waals surface area contributed by atoms with Crippen molar-refractivity contribution in [3.05, 3.63) is 11.1 Å². The smallest absolute Gasteiger partial charge is 0.0142 e. The molecule has 0 aromatic heterocycles. The van der Waals surface area contributed by atoms with Gasteiger partial charge >= 0.3 is 0 Å². The molecule has 15 heavy (non-hydrogen) atoms. The van der Waals surface area contributed by atoms with E-state index >= 15 is 0 Å². The molecule has 0 fully saturated rings. The van der Waals surface area contributed by atoms with Gasteiger partial charge in [0.2, 0.25) is 0 Å². The largest absolute Gasteiger partial charge is 0.0679 e. The Kier molecular flexibility index (Phi) is 3.68. The van der Waals surface area contributed by atoms with Crippen LogP contribution in [-0.4, -0.2) is 0 Å². The average molecular weight is 208 g/mol. The molecule has 1 aliphatic carbocycles. The summed E-state index contributed by atoms with van der Waals surface area (Å²) in [5.74, 6) is 0. The molecule has 0 amide bonds. The molecule has 0 aliphatic heterocycles. The minimum Gasteiger partial charge on any atom is -0.0679 e. The molecule has 0 spiro atoms. The molecule has 0 aromatic rings. The Morgan fingerprint density at radius 3 is 2.07 bits per heavy atom. The lowest BCUT2D eigenvalue weighted by Crippen LogP contribution is -2.29. The fourth-order valence-corrected chi connectivity index (χ4v) is 2.76. The van der Waals surface area contributed by atoms with Crippen molar-refractivity contribution in [2.24, 2.45) is 10.8 Å². The van der Waals surface area contributed by atoms with Crippen LogP contribution < -0.4 is 0 Å². The first kappa shape index (κ1) is 12.8. The molecule has 0 heteroatoms. The summed E-state index contributed by atoms with van der Waals surface area (Å²) in [6, 6.07) is 0. The van der Waals surface area contributed by atoms with Gasteiger partial charge in [0.1, 0.15) is 0 Å². The third-order valence-corrected chi connectivity index (χ3v) is 4.44. The van der Waals surface area contributed by atoms with Gasteiger partial charge in [-0.25, -0.2) is 0 Å². The lowest BCUT2D eigenvalue weighted by Gasteiger charge is -2.43. The van der Waals surface area contributed by atoms with Gasteiger partial charge in [0.25, 0.3) is 0 Å². The molecule has 88 valence electrons. The SMILES string of the molecule is CCCCC1=C(C)C(C)(C)CCC1(C)C. The highest BCUT2D eigenvalue weighted by molar-refractivity contribution is 5.27. The normalized spacial score (nSPS) is 24.4. The number of hydrogen-bond acceptors (Lipinski definition) is 0. The average Bonchev–Trinajstić information content (AvgIpc) is 2.13. The third-order valence-electron chi connectivity index (χ3n) is 4.44. The summed E-state index contributed by atoms with van der Waals surface area (Å²) >= 11 is 0. The number of rotatable bonds is 3. The molecular weight excluding hydrogens is 180 g/mol. The van der Waals surface area contributed by atoms with E-state index in [0.29, 0.717) is 10.8 Å². The molecule has 0 bridgehead atoms. The fourth-order valence-electron chi connectivity index (χ4n) is 2.76. The predicted octanol–water partition coefficient (Wildman–Crippen LogP) is 5.34. The van der Waals surface area contributed by atoms with E-state index in [1.807, 2.05) is 0 Å². The van der Waals surface area contributed by atoms with E-state index in [4.69, 9.17) is 0 Å². The van der Waals surface area contributed by atoms with Crippen LogP contribution >= 0.6 is 0 Å². The van der Waals surface area contributed by atoms with E-state index in [0.717, 1.165) is 0 Å². The van der Waals surface area contributed by atoms with Crippen molar-refractivity contribution in [1.29, 1.82) is 0 Å². The zero-order chi connectivity index (χ0) is 11.7. The lowest BCUT2D eigenvalue weighted by molar-refractivity contribution is 0.253. The maximum absolute atomic E-state index is 2.43. The Morgan fingerprint density at radius 2 is 1.53 bits per heavy atom. The molecule has 1 aliphatic rings. The van der Waals surface area contributed by atoms with Crippen molar-refractivity contribution in [2.75, 3.05) is 0 Å². The van der Waals surface area contributed by atoms with Crippen LogP contribution in [0.2, 0.25) is 0 Å². The Hall–Kier alpha value is -0.260. The minimum absolute atomic E-state index is 0.443. The summed E-state index contributed by atoms with van der Waals surface area (Å²) in [5.41, 5.74) is 4.32. The second kappa shape index (κ2) is 4.31. The van der Waals surface area contributed by atoms with Crippen molar-refractivity contribution in [1.82, 2.24) is 0 Å². The Bertz CT molecular complexity index is 253. The Labute approximate surface area is 96.2 Å². The van der Waals surface area contributed by atoms with Gasteiger partial charge in [0.05, 0.1) is 0 Å². The van der Waals surface area contributed by atoms with Gasteiger partial charge in [-0.15, -0.1) is 0 Å². The molecule has 0 saturated heterocycles. The molecule has 0 atom stereocenters. The maximum atomic E-state index is 2.43. The van der Waals surface area contributed by atoms with Crippen LogP contribution in [0.5, 0.6) is 0 Å². The topological polar surface area (TPSA) is 0 Å². The van der Waals surface area contributed by atoms with Crippen LogP contribution in [0.25, 0.3) is 0 Å². The van der Waals surface area contributed by atoms with E-state index in [1.54, 1.807) is 11.1 Å². The van der Waals surface area contributed by atoms with Gasteiger partial charge in [0.15, 0.2) is 0 Å². The van der Waals surface area contributed by atoms with Crippen molar-refractivity contribution in [2.45, 2.75) is 73.6 Å². The summed E-state index contributed by atoms with van der Waals surface area (Å²) in [5, 5.41) is 0. The highest BCUT2D eigenvalue weighted by atomic mass is 14.4. The first-order valence-corrected chi connectivity index (χ1v) is 6.52. The van der Waals surface area contributed by atoms with Crippen molar-refractivity contribution >= 4 is 0 Å². The second-order valence-corrected chi connectivity index (χ2v) is 6.47. The van der Waals surface area contributed by atoms with Crippen LogP contribution in [0.4, 0.5) is 0 Å². The van der Waals surface area contributed by atoms with Crippen LogP contribution in [0.1, 0.15) is 73.6 Å². The molecule has 0 aromatic carbocycles. The van der Waals surface area contributed by atoms with Crippen LogP contribution in [0, 0.1) is 10.8 Å². The number of unbranched alkanes of at least 4 members (excludes halogenated alkanes) is 1. The van der Waals surface area contributed by atoms with Crippen LogP contribution in [0.15, 0.2) is 11.1 Å². The molecule has 1 rings (SSSR count). The van der Waals surface area contributed by atoms with Crippen molar-refractivity contribution in [3.63, 3.8) is 0 Å². The second-order valence-electron chi connectivity index (χ2n) is 6.47. The Morgan fingerprint density at radius 1 is 1.00 bits per heavy atom. The van der Waals surface area contributed by atoms with Gasteiger partial charge in [-0.2, -0.15) is 0 Å². The highest BCUT2D eigenvalue weighted by Crippen LogP contribution is 2.49. The van der Waals surface area contributed by atoms with Gasteiger partial charge < -0.3 is 0 Å². The lowest BCUT2D eigenvalue weighted by atomic mass is 9.62. The van der Waals surface area contributed by atoms with E-state index in [-0.39, 0.29) is 0 Å². The summed E-state index contributed by atoms with van der Waals surface area (Å²) in [6.07, 6.45) is 6.69. The zero-order valence-corrected chi connectivity index (χ0v) is 11.5. The van der Waals surface area contributed by atoms with Crippen molar-refractivity contribution in [3.8, 4) is 0 Å². The molecular formula is C15H28. The molecule has 0 heterocycles.